The molecule has 0 aliphatic rings. The van der Waals surface area contributed by atoms with Crippen molar-refractivity contribution in [1.29, 1.82) is 0 Å². The minimum atomic E-state index is -0.175. The molecule has 1 heterocycles. The number of nitrogen functional groups attached to an aromatic ring is 1. The van der Waals surface area contributed by atoms with Crippen LogP contribution in [0, 0.1) is 5.92 Å². The first kappa shape index (κ1) is 16.1. The average Bonchev–Trinajstić information content (AvgIpc) is 2.97. The van der Waals surface area contributed by atoms with Gasteiger partial charge in [0.05, 0.1) is 17.1 Å². The number of benzene rings is 2. The van der Waals surface area contributed by atoms with Gasteiger partial charge in [-0.1, -0.05) is 32.0 Å². The summed E-state index contributed by atoms with van der Waals surface area (Å²) in [5, 5.41) is 3.08. The van der Waals surface area contributed by atoms with Gasteiger partial charge in [-0.05, 0) is 42.7 Å². The maximum absolute atomic E-state index is 12.6. The van der Waals surface area contributed by atoms with Crippen molar-refractivity contribution in [2.45, 2.75) is 26.3 Å². The van der Waals surface area contributed by atoms with Crippen LogP contribution < -0.4 is 11.1 Å². The molecule has 4 N–H and O–H groups in total. The fourth-order valence-corrected chi connectivity index (χ4v) is 2.77. The van der Waals surface area contributed by atoms with Gasteiger partial charge in [-0.25, -0.2) is 4.98 Å². The summed E-state index contributed by atoms with van der Waals surface area (Å²) in [6.07, 6.45) is 0.799. The van der Waals surface area contributed by atoms with Crippen LogP contribution in [0.2, 0.25) is 0 Å². The zero-order valence-corrected chi connectivity index (χ0v) is 13.9. The highest BCUT2D eigenvalue weighted by Gasteiger charge is 2.20. The summed E-state index contributed by atoms with van der Waals surface area (Å²) in [7, 11) is 0. The van der Waals surface area contributed by atoms with E-state index in [-0.39, 0.29) is 11.9 Å². The van der Waals surface area contributed by atoms with E-state index in [1.807, 2.05) is 24.3 Å². The standard InChI is InChI=1S/C19H22N4O/c1-12(2)10-17(18-21-15-8-3-4-9-16(15)22-18)23-19(24)13-6-5-7-14(20)11-13/h3-9,11-12,17H,10,20H2,1-2H3,(H,21,22)(H,23,24). The Labute approximate surface area is 141 Å². The minimum absolute atomic E-state index is 0.145. The minimum Gasteiger partial charge on any atom is -0.399 e. The number of para-hydroxylation sites is 2. The third kappa shape index (κ3) is 3.56. The van der Waals surface area contributed by atoms with Gasteiger partial charge in [0, 0.05) is 11.3 Å². The molecule has 1 amide bonds. The van der Waals surface area contributed by atoms with Crippen LogP contribution in [0.4, 0.5) is 5.69 Å². The molecule has 24 heavy (non-hydrogen) atoms. The molecule has 1 aromatic heterocycles. The highest BCUT2D eigenvalue weighted by molar-refractivity contribution is 5.95. The van der Waals surface area contributed by atoms with Gasteiger partial charge >= 0.3 is 0 Å². The summed E-state index contributed by atoms with van der Waals surface area (Å²) in [5.74, 6) is 1.06. The Balaban J connectivity index is 1.87. The third-order valence-electron chi connectivity index (χ3n) is 3.90. The number of hydrogen-bond donors (Lipinski definition) is 3. The number of nitrogens with zero attached hydrogens (tertiary/aromatic N) is 1. The van der Waals surface area contributed by atoms with E-state index in [0.717, 1.165) is 23.3 Å². The largest absolute Gasteiger partial charge is 0.399 e. The second-order valence-corrected chi connectivity index (χ2v) is 6.42. The van der Waals surface area contributed by atoms with Gasteiger partial charge in [0.25, 0.3) is 5.91 Å². The molecule has 0 saturated carbocycles. The van der Waals surface area contributed by atoms with E-state index >= 15 is 0 Å². The van der Waals surface area contributed by atoms with Crippen LogP contribution in [-0.2, 0) is 0 Å². The molecule has 0 spiro atoms. The van der Waals surface area contributed by atoms with Gasteiger partial charge in [0.15, 0.2) is 0 Å². The number of carbonyl (C=O) groups is 1. The fraction of sp³-hybridized carbons (Fsp3) is 0.263. The molecule has 1 atom stereocenters. The van der Waals surface area contributed by atoms with Crippen molar-refractivity contribution in [2.24, 2.45) is 5.92 Å². The van der Waals surface area contributed by atoms with E-state index < -0.39 is 0 Å². The van der Waals surface area contributed by atoms with Crippen molar-refractivity contribution >= 4 is 22.6 Å². The highest BCUT2D eigenvalue weighted by atomic mass is 16.1. The van der Waals surface area contributed by atoms with Gasteiger partial charge in [0.1, 0.15) is 5.82 Å². The Morgan fingerprint density at radius 3 is 2.71 bits per heavy atom. The first-order valence-electron chi connectivity index (χ1n) is 8.14. The number of nitrogens with one attached hydrogen (secondary N) is 2. The lowest BCUT2D eigenvalue weighted by atomic mass is 10.0. The molecule has 0 aliphatic heterocycles. The maximum atomic E-state index is 12.6. The number of fused-ring (bicyclic) bond motifs is 1. The highest BCUT2D eigenvalue weighted by Crippen LogP contribution is 2.22. The number of anilines is 1. The third-order valence-corrected chi connectivity index (χ3v) is 3.90. The summed E-state index contributed by atoms with van der Waals surface area (Å²) in [4.78, 5) is 20.5. The zero-order valence-electron chi connectivity index (χ0n) is 13.9. The van der Waals surface area contributed by atoms with Crippen LogP contribution >= 0.6 is 0 Å². The molecule has 124 valence electrons. The summed E-state index contributed by atoms with van der Waals surface area (Å²) < 4.78 is 0. The van der Waals surface area contributed by atoms with Crippen LogP contribution in [0.25, 0.3) is 11.0 Å². The van der Waals surface area contributed by atoms with E-state index in [4.69, 9.17) is 5.73 Å². The van der Waals surface area contributed by atoms with Crippen molar-refractivity contribution < 1.29 is 4.79 Å². The van der Waals surface area contributed by atoms with Gasteiger partial charge in [-0.2, -0.15) is 0 Å². The average molecular weight is 322 g/mol. The topological polar surface area (TPSA) is 83.8 Å². The van der Waals surface area contributed by atoms with Crippen LogP contribution in [0.3, 0.4) is 0 Å². The number of amides is 1. The second kappa shape index (κ2) is 6.74. The molecule has 0 radical (unpaired) electrons. The molecular formula is C19H22N4O. The molecule has 1 unspecified atom stereocenters. The SMILES string of the molecule is CC(C)CC(NC(=O)c1cccc(N)c1)c1nc2ccccc2[nH]1. The van der Waals surface area contributed by atoms with Crippen molar-refractivity contribution in [3.05, 3.63) is 59.9 Å². The summed E-state index contributed by atoms with van der Waals surface area (Å²) in [6, 6.07) is 14.7. The molecule has 0 bridgehead atoms. The lowest BCUT2D eigenvalue weighted by Gasteiger charge is -2.19. The number of aromatic nitrogens is 2. The number of imidazole rings is 1. The van der Waals surface area contributed by atoms with Gasteiger partial charge in [-0.15, -0.1) is 0 Å². The number of hydrogen-bond acceptors (Lipinski definition) is 3. The normalized spacial score (nSPS) is 12.5. The molecule has 2 aromatic carbocycles. The van der Waals surface area contributed by atoms with Gasteiger partial charge in [-0.3, -0.25) is 4.79 Å². The molecule has 3 rings (SSSR count). The van der Waals surface area contributed by atoms with Crippen LogP contribution in [0.1, 0.15) is 42.5 Å². The predicted molar refractivity (Wildman–Crippen MR) is 96.6 cm³/mol. The Kier molecular flexibility index (Phi) is 4.51. The molecule has 0 fully saturated rings. The number of aromatic amines is 1. The van der Waals surface area contributed by atoms with Crippen molar-refractivity contribution in [2.75, 3.05) is 5.73 Å². The Hall–Kier alpha value is -2.82. The van der Waals surface area contributed by atoms with E-state index in [9.17, 15) is 4.79 Å². The van der Waals surface area contributed by atoms with E-state index in [2.05, 4.69) is 29.1 Å². The molecule has 0 aliphatic carbocycles. The number of H-pyrrole nitrogens is 1. The van der Waals surface area contributed by atoms with E-state index in [1.165, 1.54) is 0 Å². The number of rotatable bonds is 5. The maximum Gasteiger partial charge on any atom is 0.251 e. The molecule has 5 nitrogen and oxygen atoms in total. The Morgan fingerprint density at radius 2 is 2.00 bits per heavy atom. The smallest absolute Gasteiger partial charge is 0.251 e. The summed E-state index contributed by atoms with van der Waals surface area (Å²) >= 11 is 0. The number of carbonyl (C=O) groups excluding carboxylic acids is 1. The summed E-state index contributed by atoms with van der Waals surface area (Å²) in [5.41, 5.74) is 8.78. The molecule has 0 saturated heterocycles. The van der Waals surface area contributed by atoms with Crippen LogP contribution in [-0.4, -0.2) is 15.9 Å². The predicted octanol–water partition coefficient (Wildman–Crippen LogP) is 3.66. The first-order chi connectivity index (χ1) is 11.5. The van der Waals surface area contributed by atoms with Crippen LogP contribution in [0.5, 0.6) is 0 Å². The van der Waals surface area contributed by atoms with E-state index in [0.29, 0.717) is 17.2 Å². The van der Waals surface area contributed by atoms with Gasteiger partial charge in [0.2, 0.25) is 0 Å². The second-order valence-electron chi connectivity index (χ2n) is 6.42. The monoisotopic (exact) mass is 322 g/mol. The fourth-order valence-electron chi connectivity index (χ4n) is 2.77. The number of nitrogens with two attached hydrogens (primary N) is 1. The van der Waals surface area contributed by atoms with Gasteiger partial charge < -0.3 is 16.0 Å². The van der Waals surface area contributed by atoms with Crippen LogP contribution in [0.15, 0.2) is 48.5 Å². The molecule has 5 heteroatoms. The Morgan fingerprint density at radius 1 is 1.21 bits per heavy atom. The quantitative estimate of drug-likeness (QED) is 0.627. The zero-order chi connectivity index (χ0) is 17.1. The summed E-state index contributed by atoms with van der Waals surface area (Å²) in [6.45, 7) is 4.25. The first-order valence-corrected chi connectivity index (χ1v) is 8.14. The van der Waals surface area contributed by atoms with Crippen molar-refractivity contribution in [3.63, 3.8) is 0 Å². The Bertz CT molecular complexity index is 820. The molecule has 3 aromatic rings. The molecular weight excluding hydrogens is 300 g/mol. The van der Waals surface area contributed by atoms with Crippen molar-refractivity contribution in [1.82, 2.24) is 15.3 Å². The van der Waals surface area contributed by atoms with E-state index in [1.54, 1.807) is 24.3 Å². The lowest BCUT2D eigenvalue weighted by Crippen LogP contribution is -2.30. The van der Waals surface area contributed by atoms with Crippen molar-refractivity contribution in [3.8, 4) is 0 Å². The lowest BCUT2D eigenvalue weighted by molar-refractivity contribution is 0.0930.